The second kappa shape index (κ2) is 11.2. The van der Waals surface area contributed by atoms with Gasteiger partial charge in [-0.3, -0.25) is 19.3 Å². The van der Waals surface area contributed by atoms with Crippen molar-refractivity contribution in [1.82, 2.24) is 4.98 Å². The summed E-state index contributed by atoms with van der Waals surface area (Å²) < 4.78 is 17.4. The highest BCUT2D eigenvalue weighted by Gasteiger charge is 2.48. The van der Waals surface area contributed by atoms with Crippen LogP contribution in [0, 0.1) is 6.92 Å². The van der Waals surface area contributed by atoms with Gasteiger partial charge in [0.25, 0.3) is 5.78 Å². The summed E-state index contributed by atoms with van der Waals surface area (Å²) in [5.74, 6) is -0.648. The number of aryl methyl sites for hydroxylation is 1. The predicted octanol–water partition coefficient (Wildman–Crippen LogP) is 5.57. The lowest BCUT2D eigenvalue weighted by atomic mass is 9.94. The van der Waals surface area contributed by atoms with Gasteiger partial charge in [0.05, 0.1) is 28.8 Å². The van der Waals surface area contributed by atoms with E-state index in [0.717, 1.165) is 22.6 Å². The van der Waals surface area contributed by atoms with E-state index in [-0.39, 0.29) is 35.0 Å². The quantitative estimate of drug-likeness (QED) is 0.116. The Morgan fingerprint density at radius 3 is 2.68 bits per heavy atom. The van der Waals surface area contributed by atoms with Crippen LogP contribution in [-0.2, 0) is 16.0 Å². The highest BCUT2D eigenvalue weighted by Crippen LogP contribution is 2.46. The molecule has 3 heterocycles. The van der Waals surface area contributed by atoms with E-state index in [1.54, 1.807) is 49.4 Å². The number of fused-ring (bicyclic) bond motifs is 1. The van der Waals surface area contributed by atoms with Gasteiger partial charge in [0.15, 0.2) is 22.4 Å². The average molecular weight is 575 g/mol. The van der Waals surface area contributed by atoms with Gasteiger partial charge in [-0.1, -0.05) is 30.1 Å². The first kappa shape index (κ1) is 28.1. The molecule has 2 aliphatic rings. The van der Waals surface area contributed by atoms with Crippen molar-refractivity contribution in [3.8, 4) is 17.2 Å². The normalized spacial score (nSPS) is 19.2. The molecule has 2 aliphatic heterocycles. The average Bonchev–Trinajstić information content (AvgIpc) is 3.59. The van der Waals surface area contributed by atoms with Gasteiger partial charge in [-0.15, -0.1) is 0 Å². The van der Waals surface area contributed by atoms with Gasteiger partial charge < -0.3 is 19.3 Å². The van der Waals surface area contributed by atoms with Crippen LogP contribution in [0.15, 0.2) is 54.6 Å². The monoisotopic (exact) mass is 574 g/mol. The van der Waals surface area contributed by atoms with Crippen molar-refractivity contribution in [3.63, 3.8) is 0 Å². The Bertz CT molecular complexity index is 1610. The summed E-state index contributed by atoms with van der Waals surface area (Å²) in [5.41, 5.74) is 2.14. The first-order chi connectivity index (χ1) is 19.6. The predicted molar refractivity (Wildman–Crippen MR) is 155 cm³/mol. The van der Waals surface area contributed by atoms with Gasteiger partial charge in [-0.25, -0.2) is 4.98 Å². The number of benzene rings is 2. The van der Waals surface area contributed by atoms with E-state index in [1.165, 1.54) is 11.8 Å². The Morgan fingerprint density at radius 2 is 2.00 bits per heavy atom. The van der Waals surface area contributed by atoms with Gasteiger partial charge >= 0.3 is 5.91 Å². The number of carbonyl (C=O) groups excluding carboxylic acids is 3. The Kier molecular flexibility index (Phi) is 7.68. The molecular formula is C31H30N2O7S. The Morgan fingerprint density at radius 1 is 1.22 bits per heavy atom. The molecule has 1 N–H and O–H groups in total. The lowest BCUT2D eigenvalue weighted by Gasteiger charge is -2.24. The molecule has 10 heteroatoms. The van der Waals surface area contributed by atoms with Crippen molar-refractivity contribution in [2.24, 2.45) is 0 Å². The number of thiazole rings is 1. The minimum Gasteiger partial charge on any atom is -0.507 e. The first-order valence-electron chi connectivity index (χ1n) is 13.2. The molecule has 0 radical (unpaired) electrons. The van der Waals surface area contributed by atoms with Crippen LogP contribution in [0.25, 0.3) is 5.76 Å². The summed E-state index contributed by atoms with van der Waals surface area (Å²) in [6.45, 7) is 11.2. The number of ether oxygens (including phenoxy) is 3. The van der Waals surface area contributed by atoms with Crippen LogP contribution in [0.3, 0.4) is 0 Å². The van der Waals surface area contributed by atoms with Crippen LogP contribution in [0.5, 0.6) is 17.2 Å². The van der Waals surface area contributed by atoms with Crippen molar-refractivity contribution in [2.45, 2.75) is 46.3 Å². The summed E-state index contributed by atoms with van der Waals surface area (Å²) >= 11 is 1.03. The number of hydrogen-bond acceptors (Lipinski definition) is 9. The molecule has 0 aliphatic carbocycles. The zero-order valence-electron chi connectivity index (χ0n) is 23.2. The molecule has 1 saturated heterocycles. The highest BCUT2D eigenvalue weighted by atomic mass is 32.1. The van der Waals surface area contributed by atoms with Crippen LogP contribution >= 0.6 is 11.3 Å². The van der Waals surface area contributed by atoms with E-state index in [1.807, 2.05) is 13.8 Å². The summed E-state index contributed by atoms with van der Waals surface area (Å²) in [5, 5.41) is 11.8. The third kappa shape index (κ3) is 5.11. The molecule has 1 amide bonds. The van der Waals surface area contributed by atoms with Gasteiger partial charge in [0.2, 0.25) is 0 Å². The van der Waals surface area contributed by atoms with Crippen LogP contribution < -0.4 is 19.1 Å². The molecule has 0 unspecified atom stereocenters. The Balaban J connectivity index is 1.70. The molecule has 1 aromatic heterocycles. The van der Waals surface area contributed by atoms with Crippen LogP contribution in [0.2, 0.25) is 0 Å². The number of hydrogen-bond donors (Lipinski definition) is 1. The Hall–Kier alpha value is -4.44. The van der Waals surface area contributed by atoms with Gasteiger partial charge in [0, 0.05) is 18.9 Å². The fourth-order valence-corrected chi connectivity index (χ4v) is 6.10. The third-order valence-electron chi connectivity index (χ3n) is 6.87. The fraction of sp³-hybridized carbons (Fsp3) is 0.290. The first-order valence-corrected chi connectivity index (χ1v) is 14.1. The molecular weight excluding hydrogens is 544 g/mol. The van der Waals surface area contributed by atoms with Gasteiger partial charge in [-0.2, -0.15) is 0 Å². The SMILES string of the molecule is C=CCOc1ccc([C@H]2/C(=C(\O)c3ccc4c(c3)C[C@H](C)O4)C(=O)C(=O)N2c2nc(C)c(C(C)=O)s2)cc1OCC. The maximum absolute atomic E-state index is 13.6. The minimum absolute atomic E-state index is 0.00426. The fourth-order valence-electron chi connectivity index (χ4n) is 5.11. The summed E-state index contributed by atoms with van der Waals surface area (Å²) in [6, 6.07) is 9.23. The van der Waals surface area contributed by atoms with E-state index in [0.29, 0.717) is 46.2 Å². The molecule has 9 nitrogen and oxygen atoms in total. The number of Topliss-reactive ketones (excluding diaryl/α,β-unsaturated/α-hetero) is 2. The molecule has 0 bridgehead atoms. The van der Waals surface area contributed by atoms with Crippen molar-refractivity contribution >= 4 is 39.7 Å². The smallest absolute Gasteiger partial charge is 0.301 e. The number of aromatic nitrogens is 1. The van der Waals surface area contributed by atoms with Crippen LogP contribution in [0.4, 0.5) is 5.13 Å². The largest absolute Gasteiger partial charge is 0.507 e. The van der Waals surface area contributed by atoms with Crippen molar-refractivity contribution in [2.75, 3.05) is 18.1 Å². The molecule has 41 heavy (non-hydrogen) atoms. The standard InChI is InChI=1S/C31H30N2O7S/c1-6-12-39-23-11-8-19(15-24(23)38-7-2)26-25(27(35)20-9-10-22-21(14-20)13-16(3)40-22)28(36)30(37)33(26)31-32-17(4)29(41-31)18(5)34/h6,8-11,14-16,26,35H,1,7,12-13H2,2-5H3/b27-25+/t16-,26-/m0/s1. The lowest BCUT2D eigenvalue weighted by molar-refractivity contribution is -0.132. The van der Waals surface area contributed by atoms with Crippen molar-refractivity contribution < 1.29 is 33.7 Å². The number of amides is 1. The summed E-state index contributed by atoms with van der Waals surface area (Å²) in [4.78, 5) is 45.5. The molecule has 1 fully saturated rings. The summed E-state index contributed by atoms with van der Waals surface area (Å²) in [7, 11) is 0. The number of rotatable bonds is 9. The zero-order valence-corrected chi connectivity index (χ0v) is 24.0. The zero-order chi connectivity index (χ0) is 29.4. The van der Waals surface area contributed by atoms with Crippen molar-refractivity contribution in [1.29, 1.82) is 0 Å². The van der Waals surface area contributed by atoms with Gasteiger partial charge in [-0.05, 0) is 62.2 Å². The van der Waals surface area contributed by atoms with Crippen molar-refractivity contribution in [3.05, 3.63) is 81.9 Å². The molecule has 5 rings (SSSR count). The maximum Gasteiger partial charge on any atom is 0.301 e. The molecule has 3 aromatic rings. The number of aliphatic hydroxyl groups excluding tert-OH is 1. The van der Waals surface area contributed by atoms with E-state index in [9.17, 15) is 19.5 Å². The number of ketones is 2. The van der Waals surface area contributed by atoms with E-state index in [4.69, 9.17) is 14.2 Å². The summed E-state index contributed by atoms with van der Waals surface area (Å²) in [6.07, 6.45) is 2.26. The molecule has 2 atom stereocenters. The number of nitrogens with zero attached hydrogens (tertiary/aromatic N) is 2. The molecule has 2 aromatic carbocycles. The molecule has 212 valence electrons. The maximum atomic E-state index is 13.6. The Labute approximate surface area is 241 Å². The van der Waals surface area contributed by atoms with E-state index >= 15 is 0 Å². The second-order valence-electron chi connectivity index (χ2n) is 9.83. The third-order valence-corrected chi connectivity index (χ3v) is 8.12. The second-order valence-corrected chi connectivity index (χ2v) is 10.8. The van der Waals surface area contributed by atoms with Crippen LogP contribution in [0.1, 0.15) is 58.9 Å². The lowest BCUT2D eigenvalue weighted by Crippen LogP contribution is -2.29. The van der Waals surface area contributed by atoms with Crippen LogP contribution in [-0.4, -0.2) is 46.9 Å². The van der Waals surface area contributed by atoms with E-state index in [2.05, 4.69) is 11.6 Å². The number of carbonyl (C=O) groups is 3. The molecule has 0 saturated carbocycles. The topological polar surface area (TPSA) is 115 Å². The van der Waals surface area contributed by atoms with Gasteiger partial charge in [0.1, 0.15) is 24.2 Å². The minimum atomic E-state index is -1.04. The number of anilines is 1. The molecule has 0 spiro atoms. The van der Waals surface area contributed by atoms with E-state index < -0.39 is 17.7 Å². The highest BCUT2D eigenvalue weighted by molar-refractivity contribution is 7.18. The number of aliphatic hydroxyl groups is 1.